The third-order valence-corrected chi connectivity index (χ3v) is 4.91. The normalized spacial score (nSPS) is 10.6. The molecule has 5 heteroatoms. The molecule has 0 aliphatic heterocycles. The minimum atomic E-state index is -0.508. The topological polar surface area (TPSA) is 64.6 Å². The number of hydrogen-bond acceptors (Lipinski definition) is 4. The quantitative estimate of drug-likeness (QED) is 0.199. The van der Waals surface area contributed by atoms with Crippen LogP contribution in [0.3, 0.4) is 0 Å². The zero-order valence-corrected chi connectivity index (χ0v) is 18.4. The molecule has 0 aliphatic carbocycles. The number of carbonyl (C=O) groups excluding carboxylic acids is 2. The highest BCUT2D eigenvalue weighted by Gasteiger charge is 2.07. The van der Waals surface area contributed by atoms with Crippen molar-refractivity contribution in [2.75, 3.05) is 5.32 Å². The van der Waals surface area contributed by atoms with E-state index in [9.17, 15) is 9.59 Å². The third-order valence-electron chi connectivity index (χ3n) is 4.91. The van der Waals surface area contributed by atoms with Crippen LogP contribution in [0.15, 0.2) is 115 Å². The maximum absolute atomic E-state index is 12.3. The molecule has 1 N–H and O–H groups in total. The first kappa shape index (κ1) is 22.6. The predicted octanol–water partition coefficient (Wildman–Crippen LogP) is 6.14. The van der Waals surface area contributed by atoms with Crippen molar-refractivity contribution in [3.63, 3.8) is 0 Å². The maximum atomic E-state index is 12.3. The number of para-hydroxylation sites is 1. The van der Waals surface area contributed by atoms with Gasteiger partial charge in [0.2, 0.25) is 0 Å². The third kappa shape index (κ3) is 6.68. The van der Waals surface area contributed by atoms with Crippen LogP contribution in [-0.4, -0.2) is 11.9 Å². The van der Waals surface area contributed by atoms with Gasteiger partial charge in [0.1, 0.15) is 18.1 Å². The summed E-state index contributed by atoms with van der Waals surface area (Å²) in [4.78, 5) is 24.5. The fourth-order valence-electron chi connectivity index (χ4n) is 3.13. The second-order valence-electron chi connectivity index (χ2n) is 7.44. The lowest BCUT2D eigenvalue weighted by Crippen LogP contribution is -2.11. The zero-order chi connectivity index (χ0) is 23.6. The number of ether oxygens (including phenoxy) is 2. The first-order chi connectivity index (χ1) is 16.7. The van der Waals surface area contributed by atoms with Gasteiger partial charge in [-0.1, -0.05) is 60.7 Å². The summed E-state index contributed by atoms with van der Waals surface area (Å²) in [6.07, 6.45) is 3.03. The Morgan fingerprint density at radius 1 is 0.706 bits per heavy atom. The van der Waals surface area contributed by atoms with Gasteiger partial charge >= 0.3 is 5.97 Å². The van der Waals surface area contributed by atoms with Gasteiger partial charge in [-0.05, 0) is 65.7 Å². The average Bonchev–Trinajstić information content (AvgIpc) is 2.88. The molecule has 0 aromatic heterocycles. The van der Waals surface area contributed by atoms with Crippen LogP contribution in [0.25, 0.3) is 6.08 Å². The first-order valence-corrected chi connectivity index (χ1v) is 10.8. The van der Waals surface area contributed by atoms with E-state index < -0.39 is 5.97 Å². The second kappa shape index (κ2) is 11.3. The van der Waals surface area contributed by atoms with E-state index in [-0.39, 0.29) is 5.91 Å². The molecular formula is C29H23NO4. The van der Waals surface area contributed by atoms with E-state index in [1.807, 2.05) is 84.9 Å². The largest absolute Gasteiger partial charge is 0.489 e. The number of esters is 1. The van der Waals surface area contributed by atoms with Gasteiger partial charge in [-0.15, -0.1) is 0 Å². The monoisotopic (exact) mass is 449 g/mol. The summed E-state index contributed by atoms with van der Waals surface area (Å²) >= 11 is 0. The lowest BCUT2D eigenvalue weighted by Gasteiger charge is -2.06. The predicted molar refractivity (Wildman–Crippen MR) is 133 cm³/mol. The van der Waals surface area contributed by atoms with Crippen LogP contribution >= 0.6 is 0 Å². The van der Waals surface area contributed by atoms with Crippen LogP contribution < -0.4 is 14.8 Å². The fraction of sp³-hybridized carbons (Fsp3) is 0.0345. The lowest BCUT2D eigenvalue weighted by atomic mass is 10.2. The molecule has 0 saturated carbocycles. The molecule has 0 unspecified atom stereocenters. The van der Waals surface area contributed by atoms with Crippen LogP contribution in [0.5, 0.6) is 11.5 Å². The summed E-state index contributed by atoms with van der Waals surface area (Å²) in [5, 5.41) is 2.81. The average molecular weight is 450 g/mol. The number of hydrogen-bond donors (Lipinski definition) is 1. The molecule has 0 fully saturated rings. The summed E-state index contributed by atoms with van der Waals surface area (Å²) in [6, 6.07) is 33.0. The summed E-state index contributed by atoms with van der Waals surface area (Å²) < 4.78 is 11.1. The Kier molecular flexibility index (Phi) is 7.49. The van der Waals surface area contributed by atoms with Crippen LogP contribution in [0.4, 0.5) is 5.69 Å². The van der Waals surface area contributed by atoms with Gasteiger partial charge in [-0.2, -0.15) is 0 Å². The minimum absolute atomic E-state index is 0.236. The molecule has 0 spiro atoms. The van der Waals surface area contributed by atoms with Gasteiger partial charge in [-0.3, -0.25) is 4.79 Å². The zero-order valence-electron chi connectivity index (χ0n) is 18.4. The number of nitrogens with one attached hydrogen (secondary N) is 1. The molecule has 4 aromatic carbocycles. The molecule has 4 aromatic rings. The van der Waals surface area contributed by atoms with Gasteiger partial charge < -0.3 is 14.8 Å². The molecule has 0 atom stereocenters. The van der Waals surface area contributed by atoms with Gasteiger partial charge in [0.25, 0.3) is 5.91 Å². The van der Waals surface area contributed by atoms with Crippen LogP contribution in [0.1, 0.15) is 21.5 Å². The molecule has 0 radical (unpaired) electrons. The highest BCUT2D eigenvalue weighted by molar-refractivity contribution is 6.04. The Bertz CT molecular complexity index is 1250. The minimum Gasteiger partial charge on any atom is -0.489 e. The summed E-state index contributed by atoms with van der Waals surface area (Å²) in [5.41, 5.74) is 3.12. The standard InChI is InChI=1S/C29H23NO4/c31-28(20-13-22-11-16-26(17-12-22)33-21-23-7-3-1-4-8-23)34-27-18-14-24(15-19-27)29(32)30-25-9-5-2-6-10-25/h1-20H,21H2,(H,30,32)/b20-13+. The Balaban J connectivity index is 1.26. The molecular weight excluding hydrogens is 426 g/mol. The molecule has 1 amide bonds. The number of carbonyl (C=O) groups is 2. The lowest BCUT2D eigenvalue weighted by molar-refractivity contribution is -0.128. The number of rotatable bonds is 8. The van der Waals surface area contributed by atoms with Crippen molar-refractivity contribution in [2.24, 2.45) is 0 Å². The van der Waals surface area contributed by atoms with E-state index in [0.717, 1.165) is 16.9 Å². The van der Waals surface area contributed by atoms with Crippen molar-refractivity contribution in [3.05, 3.63) is 132 Å². The SMILES string of the molecule is O=C(/C=C/c1ccc(OCc2ccccc2)cc1)Oc1ccc(C(=O)Nc2ccccc2)cc1. The van der Waals surface area contributed by atoms with E-state index in [1.54, 1.807) is 30.3 Å². The van der Waals surface area contributed by atoms with Gasteiger partial charge in [0.15, 0.2) is 0 Å². The summed E-state index contributed by atoms with van der Waals surface area (Å²) in [5.74, 6) is 0.363. The van der Waals surface area contributed by atoms with Gasteiger partial charge in [-0.25, -0.2) is 4.79 Å². The van der Waals surface area contributed by atoms with Crippen LogP contribution in [-0.2, 0) is 11.4 Å². The Morgan fingerprint density at radius 3 is 2.00 bits per heavy atom. The molecule has 0 saturated heterocycles. The molecule has 5 nitrogen and oxygen atoms in total. The number of anilines is 1. The van der Waals surface area contributed by atoms with Crippen LogP contribution in [0.2, 0.25) is 0 Å². The molecule has 0 bridgehead atoms. The molecule has 4 rings (SSSR count). The van der Waals surface area contributed by atoms with Crippen molar-refractivity contribution in [1.29, 1.82) is 0 Å². The Morgan fingerprint density at radius 2 is 1.32 bits per heavy atom. The Labute approximate surface area is 198 Å². The van der Waals surface area contributed by atoms with Crippen LogP contribution in [0, 0.1) is 0 Å². The molecule has 0 aliphatic rings. The van der Waals surface area contributed by atoms with Crippen molar-refractivity contribution in [1.82, 2.24) is 0 Å². The number of benzene rings is 4. The molecule has 34 heavy (non-hydrogen) atoms. The van der Waals surface area contributed by atoms with Crippen molar-refractivity contribution < 1.29 is 19.1 Å². The van der Waals surface area contributed by atoms with Crippen molar-refractivity contribution in [2.45, 2.75) is 6.61 Å². The van der Waals surface area contributed by atoms with E-state index in [0.29, 0.717) is 23.6 Å². The maximum Gasteiger partial charge on any atom is 0.336 e. The van der Waals surface area contributed by atoms with Crippen molar-refractivity contribution in [3.8, 4) is 11.5 Å². The smallest absolute Gasteiger partial charge is 0.336 e. The number of amides is 1. The second-order valence-corrected chi connectivity index (χ2v) is 7.44. The molecule has 168 valence electrons. The highest BCUT2D eigenvalue weighted by atomic mass is 16.5. The highest BCUT2D eigenvalue weighted by Crippen LogP contribution is 2.17. The van der Waals surface area contributed by atoms with E-state index in [4.69, 9.17) is 9.47 Å². The molecule has 0 heterocycles. The first-order valence-electron chi connectivity index (χ1n) is 10.8. The summed E-state index contributed by atoms with van der Waals surface area (Å²) in [6.45, 7) is 0.495. The summed E-state index contributed by atoms with van der Waals surface area (Å²) in [7, 11) is 0. The van der Waals surface area contributed by atoms with E-state index in [1.165, 1.54) is 6.08 Å². The van der Waals surface area contributed by atoms with E-state index in [2.05, 4.69) is 5.32 Å². The van der Waals surface area contributed by atoms with Gasteiger partial charge in [0, 0.05) is 17.3 Å². The van der Waals surface area contributed by atoms with Gasteiger partial charge in [0.05, 0.1) is 0 Å². The Hall–Kier alpha value is -4.64. The fourth-order valence-corrected chi connectivity index (χ4v) is 3.13. The van der Waals surface area contributed by atoms with E-state index >= 15 is 0 Å². The van der Waals surface area contributed by atoms with Crippen molar-refractivity contribution >= 4 is 23.6 Å².